The van der Waals surface area contributed by atoms with Crippen LogP contribution in [-0.2, 0) is 25.1 Å². The quantitative estimate of drug-likeness (QED) is 0.137. The first-order valence-electron chi connectivity index (χ1n) is 18.1. The first-order valence-corrected chi connectivity index (χ1v) is 19.9. The standard InChI is InChI=1S/C40H50N3O8P/c1-6-28-23-40(28,52(47,48)25-26-13-8-7-9-14-26)42-36(44)33-22-31(50-34-18-12-15-27-21-30(49-5)19-20-32(27)34)24-43(33)37(45)35(39(2,3)4)41-38(46)51-29-16-10-11-17-29/h6-9,12-15,18-21,28-29,31,33,35H,1,10-11,16-17,22-25H2,2-5H3,(H,41,46)(H,42,44)(H,47,48)/t28-,31-,33+,35-,40+/m1/s1. The van der Waals surface area contributed by atoms with Crippen molar-refractivity contribution >= 4 is 36.0 Å². The number of amides is 3. The van der Waals surface area contributed by atoms with Crippen molar-refractivity contribution < 1.29 is 38.1 Å². The van der Waals surface area contributed by atoms with Crippen LogP contribution < -0.4 is 20.1 Å². The van der Waals surface area contributed by atoms with Crippen LogP contribution in [0.1, 0.15) is 64.9 Å². The van der Waals surface area contributed by atoms with E-state index < -0.39 is 60.1 Å². The van der Waals surface area contributed by atoms with Crippen molar-refractivity contribution in [1.29, 1.82) is 0 Å². The van der Waals surface area contributed by atoms with Gasteiger partial charge in [-0.15, -0.1) is 6.58 Å². The van der Waals surface area contributed by atoms with E-state index in [1.54, 1.807) is 37.5 Å². The molecule has 3 N–H and O–H groups in total. The Bertz CT molecular complexity index is 1860. The molecule has 52 heavy (non-hydrogen) atoms. The highest BCUT2D eigenvalue weighted by Crippen LogP contribution is 2.70. The Labute approximate surface area is 305 Å². The summed E-state index contributed by atoms with van der Waals surface area (Å²) < 4.78 is 31.7. The molecule has 1 heterocycles. The fourth-order valence-corrected chi connectivity index (χ4v) is 9.97. The van der Waals surface area contributed by atoms with Crippen molar-refractivity contribution in [3.05, 3.63) is 84.9 Å². The van der Waals surface area contributed by atoms with Gasteiger partial charge in [-0.25, -0.2) is 4.79 Å². The number of nitrogens with zero attached hydrogens (tertiary/aromatic N) is 1. The average Bonchev–Trinajstić information content (AvgIpc) is 3.37. The van der Waals surface area contributed by atoms with E-state index in [9.17, 15) is 23.8 Å². The first-order chi connectivity index (χ1) is 24.7. The smallest absolute Gasteiger partial charge is 0.408 e. The average molecular weight is 732 g/mol. The Morgan fingerprint density at radius 1 is 1.06 bits per heavy atom. The van der Waals surface area contributed by atoms with Crippen LogP contribution in [0.5, 0.6) is 11.5 Å². The predicted octanol–water partition coefficient (Wildman–Crippen LogP) is 6.77. The molecule has 2 aliphatic carbocycles. The van der Waals surface area contributed by atoms with E-state index in [1.807, 2.05) is 63.2 Å². The van der Waals surface area contributed by atoms with Crippen molar-refractivity contribution in [2.24, 2.45) is 11.3 Å². The number of benzene rings is 3. The minimum Gasteiger partial charge on any atom is -0.497 e. The normalized spacial score (nSPS) is 24.8. The van der Waals surface area contributed by atoms with E-state index in [1.165, 1.54) is 4.90 Å². The Kier molecular flexibility index (Phi) is 10.8. The molecular weight excluding hydrogens is 681 g/mol. The first kappa shape index (κ1) is 37.4. The second kappa shape index (κ2) is 15.0. The third-order valence-corrected chi connectivity index (χ3v) is 13.3. The van der Waals surface area contributed by atoms with E-state index in [2.05, 4.69) is 17.2 Å². The lowest BCUT2D eigenvalue weighted by Crippen LogP contribution is -2.58. The summed E-state index contributed by atoms with van der Waals surface area (Å²) in [4.78, 5) is 55.1. The summed E-state index contributed by atoms with van der Waals surface area (Å²) in [5.74, 6) is -0.166. The Morgan fingerprint density at radius 2 is 1.79 bits per heavy atom. The van der Waals surface area contributed by atoms with Gasteiger partial charge in [-0.2, -0.15) is 0 Å². The lowest BCUT2D eigenvalue weighted by atomic mass is 9.85. The van der Waals surface area contributed by atoms with Gasteiger partial charge in [0.25, 0.3) is 0 Å². The van der Waals surface area contributed by atoms with Crippen LogP contribution in [0.4, 0.5) is 4.79 Å². The number of nitrogens with one attached hydrogen (secondary N) is 2. The zero-order valence-corrected chi connectivity index (χ0v) is 31.3. The largest absolute Gasteiger partial charge is 0.497 e. The predicted molar refractivity (Wildman–Crippen MR) is 199 cm³/mol. The molecule has 0 spiro atoms. The molecule has 12 heteroatoms. The van der Waals surface area contributed by atoms with Gasteiger partial charge in [0.2, 0.25) is 19.2 Å². The molecule has 6 rings (SSSR count). The topological polar surface area (TPSA) is 144 Å². The van der Waals surface area contributed by atoms with Crippen molar-refractivity contribution in [1.82, 2.24) is 15.5 Å². The molecule has 0 aromatic heterocycles. The van der Waals surface area contributed by atoms with Gasteiger partial charge in [0.15, 0.2) is 0 Å². The molecule has 278 valence electrons. The molecule has 0 bridgehead atoms. The molecule has 3 fully saturated rings. The molecule has 11 nitrogen and oxygen atoms in total. The van der Waals surface area contributed by atoms with Gasteiger partial charge in [0.05, 0.1) is 19.8 Å². The van der Waals surface area contributed by atoms with Crippen molar-refractivity contribution in [2.75, 3.05) is 13.7 Å². The number of fused-ring (bicyclic) bond motifs is 1. The van der Waals surface area contributed by atoms with Crippen LogP contribution in [-0.4, -0.2) is 70.9 Å². The summed E-state index contributed by atoms with van der Waals surface area (Å²) in [6, 6.07) is 18.2. The molecular formula is C40H50N3O8P. The summed E-state index contributed by atoms with van der Waals surface area (Å²) >= 11 is 0. The summed E-state index contributed by atoms with van der Waals surface area (Å²) in [5.41, 5.74) is -0.0677. The highest BCUT2D eigenvalue weighted by atomic mass is 31.2. The van der Waals surface area contributed by atoms with Crippen molar-refractivity contribution in [3.63, 3.8) is 0 Å². The van der Waals surface area contributed by atoms with Gasteiger partial charge in [0, 0.05) is 17.7 Å². The van der Waals surface area contributed by atoms with Gasteiger partial charge < -0.3 is 34.6 Å². The van der Waals surface area contributed by atoms with Gasteiger partial charge in [-0.1, -0.05) is 69.3 Å². The van der Waals surface area contributed by atoms with E-state index in [4.69, 9.17) is 14.2 Å². The second-order valence-corrected chi connectivity index (χ2v) is 17.9. The van der Waals surface area contributed by atoms with E-state index in [0.29, 0.717) is 17.1 Å². The van der Waals surface area contributed by atoms with Crippen LogP contribution in [0.25, 0.3) is 10.8 Å². The Morgan fingerprint density at radius 3 is 2.44 bits per heavy atom. The zero-order chi connectivity index (χ0) is 37.3. The van der Waals surface area contributed by atoms with Gasteiger partial charge >= 0.3 is 6.09 Å². The van der Waals surface area contributed by atoms with Crippen LogP contribution in [0, 0.1) is 11.3 Å². The minimum absolute atomic E-state index is 0.0497. The second-order valence-electron chi connectivity index (χ2n) is 15.4. The van der Waals surface area contributed by atoms with Crippen LogP contribution >= 0.6 is 7.37 Å². The highest BCUT2D eigenvalue weighted by Gasteiger charge is 2.65. The van der Waals surface area contributed by atoms with Crippen LogP contribution in [0.3, 0.4) is 0 Å². The molecule has 0 radical (unpaired) electrons. The molecule has 1 aliphatic heterocycles. The third-order valence-electron chi connectivity index (χ3n) is 10.6. The summed E-state index contributed by atoms with van der Waals surface area (Å²) in [5, 5.41) is 6.08. The number of alkyl carbamates (subject to hydrolysis) is 1. The fraction of sp³-hybridized carbons (Fsp3) is 0.475. The lowest BCUT2D eigenvalue weighted by molar-refractivity contribution is -0.142. The number of carbonyl (C=O) groups is 3. The van der Waals surface area contributed by atoms with Gasteiger partial charge in [-0.05, 0) is 72.7 Å². The zero-order valence-electron chi connectivity index (χ0n) is 30.4. The molecule has 3 aromatic rings. The number of rotatable bonds is 12. The number of ether oxygens (including phenoxy) is 3. The highest BCUT2D eigenvalue weighted by molar-refractivity contribution is 7.59. The number of hydrogen-bond acceptors (Lipinski definition) is 7. The molecule has 3 amide bonds. The Hall–Kier alpha value is -4.34. The molecule has 6 atom stereocenters. The summed E-state index contributed by atoms with van der Waals surface area (Å²) in [6.07, 6.45) is 3.90. The van der Waals surface area contributed by atoms with E-state index in [0.717, 1.165) is 36.5 Å². The monoisotopic (exact) mass is 731 g/mol. The van der Waals surface area contributed by atoms with Crippen LogP contribution in [0.2, 0.25) is 0 Å². The summed E-state index contributed by atoms with van der Waals surface area (Å²) in [7, 11) is -2.42. The molecule has 2 saturated carbocycles. The fourth-order valence-electron chi connectivity index (χ4n) is 7.60. The van der Waals surface area contributed by atoms with Gasteiger partial charge in [-0.3, -0.25) is 14.2 Å². The third kappa shape index (κ3) is 7.86. The van der Waals surface area contributed by atoms with Gasteiger partial charge in [0.1, 0.15) is 41.1 Å². The van der Waals surface area contributed by atoms with Crippen LogP contribution in [0.15, 0.2) is 79.4 Å². The SMILES string of the molecule is C=C[C@@H]1C[C@]1(NC(=O)[C@@H]1C[C@@H](Oc2cccc3cc(OC)ccc23)CN1C(=O)[C@@H](NC(=O)OC1CCCC1)C(C)(C)C)P(=O)(O)Cc1ccccc1. The number of methoxy groups -OCH3 is 1. The molecule has 1 unspecified atom stereocenters. The minimum atomic E-state index is -4.02. The summed E-state index contributed by atoms with van der Waals surface area (Å²) in [6.45, 7) is 9.44. The molecule has 1 saturated heterocycles. The lowest BCUT2D eigenvalue weighted by Gasteiger charge is -2.36. The maximum absolute atomic E-state index is 14.6. The molecule has 3 aromatic carbocycles. The maximum atomic E-state index is 14.6. The van der Waals surface area contributed by atoms with Crippen molar-refractivity contribution in [3.8, 4) is 11.5 Å². The number of hydrogen-bond donors (Lipinski definition) is 3. The van der Waals surface area contributed by atoms with E-state index in [-0.39, 0.29) is 31.7 Å². The Balaban J connectivity index is 1.29. The van der Waals surface area contributed by atoms with E-state index >= 15 is 0 Å². The number of carbonyl (C=O) groups excluding carboxylic acids is 3. The molecule has 3 aliphatic rings. The van der Waals surface area contributed by atoms with Crippen molar-refractivity contribution in [2.45, 2.75) is 95.0 Å². The maximum Gasteiger partial charge on any atom is 0.408 e. The number of likely N-dealkylation sites (tertiary alicyclic amines) is 1.